The zero-order chi connectivity index (χ0) is 16.3. The smallest absolute Gasteiger partial charge is 0.338 e. The van der Waals surface area contributed by atoms with E-state index in [9.17, 15) is 9.18 Å². The Balaban J connectivity index is 1.89. The molecule has 0 N–H and O–H groups in total. The third-order valence-electron chi connectivity index (χ3n) is 4.44. The number of rotatable bonds is 1. The van der Waals surface area contributed by atoms with Gasteiger partial charge in [-0.3, -0.25) is 0 Å². The lowest BCUT2D eigenvalue weighted by Crippen LogP contribution is -1.95. The van der Waals surface area contributed by atoms with Crippen LogP contribution in [-0.4, -0.2) is 12.8 Å². The van der Waals surface area contributed by atoms with Gasteiger partial charge in [0.05, 0.1) is 5.56 Å². The van der Waals surface area contributed by atoms with Crippen LogP contribution in [0.4, 0.5) is 4.39 Å². The van der Waals surface area contributed by atoms with E-state index in [0.29, 0.717) is 17.1 Å². The standard InChI is InChI=1S/C19H11FO4/c20-12-3-1-10(2-4-12)18-13-7-17-16(23-9-24-17)6-11(13)5-14-15(18)8-22-19(14)21/h1-7H,8-9H2. The van der Waals surface area contributed by atoms with Gasteiger partial charge in [0.25, 0.3) is 0 Å². The summed E-state index contributed by atoms with van der Waals surface area (Å²) in [7, 11) is 0. The van der Waals surface area contributed by atoms with E-state index >= 15 is 0 Å². The number of benzene rings is 3. The highest BCUT2D eigenvalue weighted by molar-refractivity contribution is 6.07. The van der Waals surface area contributed by atoms with Crippen molar-refractivity contribution in [3.05, 3.63) is 59.4 Å². The first kappa shape index (κ1) is 13.4. The summed E-state index contributed by atoms with van der Waals surface area (Å²) in [6.45, 7) is 0.393. The van der Waals surface area contributed by atoms with Gasteiger partial charge in [-0.2, -0.15) is 0 Å². The van der Waals surface area contributed by atoms with E-state index in [1.807, 2.05) is 18.2 Å². The molecule has 0 bridgehead atoms. The number of ether oxygens (including phenoxy) is 3. The van der Waals surface area contributed by atoms with E-state index in [1.165, 1.54) is 12.1 Å². The molecule has 0 amide bonds. The Bertz CT molecular complexity index is 1010. The van der Waals surface area contributed by atoms with Gasteiger partial charge in [0, 0.05) is 5.56 Å². The first-order valence-corrected chi connectivity index (χ1v) is 7.53. The Morgan fingerprint density at radius 2 is 1.67 bits per heavy atom. The molecule has 2 heterocycles. The lowest BCUT2D eigenvalue weighted by Gasteiger charge is -2.12. The second-order valence-corrected chi connectivity index (χ2v) is 5.79. The molecule has 0 aromatic heterocycles. The number of esters is 1. The molecule has 0 unspecified atom stereocenters. The van der Waals surface area contributed by atoms with E-state index in [4.69, 9.17) is 14.2 Å². The molecular weight excluding hydrogens is 311 g/mol. The summed E-state index contributed by atoms with van der Waals surface area (Å²) in [6, 6.07) is 11.8. The van der Waals surface area contributed by atoms with E-state index in [2.05, 4.69) is 0 Å². The van der Waals surface area contributed by atoms with Crippen LogP contribution in [0.3, 0.4) is 0 Å². The fourth-order valence-corrected chi connectivity index (χ4v) is 3.33. The van der Waals surface area contributed by atoms with Gasteiger partial charge < -0.3 is 14.2 Å². The molecule has 0 radical (unpaired) electrons. The maximum absolute atomic E-state index is 13.3. The molecule has 5 rings (SSSR count). The van der Waals surface area contributed by atoms with E-state index in [0.717, 1.165) is 27.5 Å². The van der Waals surface area contributed by atoms with Gasteiger partial charge in [-0.05, 0) is 52.2 Å². The van der Waals surface area contributed by atoms with Crippen molar-refractivity contribution in [3.8, 4) is 22.6 Å². The van der Waals surface area contributed by atoms with Crippen LogP contribution in [-0.2, 0) is 11.3 Å². The molecule has 118 valence electrons. The second-order valence-electron chi connectivity index (χ2n) is 5.79. The summed E-state index contributed by atoms with van der Waals surface area (Å²) >= 11 is 0. The molecule has 3 aromatic carbocycles. The Morgan fingerprint density at radius 3 is 2.46 bits per heavy atom. The van der Waals surface area contributed by atoms with E-state index in [1.54, 1.807) is 12.1 Å². The van der Waals surface area contributed by atoms with Crippen molar-refractivity contribution in [3.63, 3.8) is 0 Å². The van der Waals surface area contributed by atoms with Gasteiger partial charge in [-0.15, -0.1) is 0 Å². The van der Waals surface area contributed by atoms with Crippen molar-refractivity contribution < 1.29 is 23.4 Å². The van der Waals surface area contributed by atoms with Gasteiger partial charge in [0.15, 0.2) is 11.5 Å². The Kier molecular flexibility index (Phi) is 2.62. The molecule has 24 heavy (non-hydrogen) atoms. The topological polar surface area (TPSA) is 44.8 Å². The second kappa shape index (κ2) is 4.71. The predicted molar refractivity (Wildman–Crippen MR) is 84.6 cm³/mol. The van der Waals surface area contributed by atoms with Crippen molar-refractivity contribution in [1.82, 2.24) is 0 Å². The number of fused-ring (bicyclic) bond motifs is 3. The molecule has 0 aliphatic carbocycles. The number of halogens is 1. The van der Waals surface area contributed by atoms with Crippen LogP contribution in [0, 0.1) is 5.82 Å². The van der Waals surface area contributed by atoms with Crippen molar-refractivity contribution in [2.45, 2.75) is 6.61 Å². The number of hydrogen-bond donors (Lipinski definition) is 0. The van der Waals surface area contributed by atoms with Crippen LogP contribution in [0.1, 0.15) is 15.9 Å². The summed E-state index contributed by atoms with van der Waals surface area (Å²) in [5.41, 5.74) is 3.06. The molecule has 5 heteroatoms. The van der Waals surface area contributed by atoms with Crippen LogP contribution >= 0.6 is 0 Å². The minimum atomic E-state index is -0.340. The number of cyclic esters (lactones) is 1. The van der Waals surface area contributed by atoms with E-state index < -0.39 is 0 Å². The zero-order valence-electron chi connectivity index (χ0n) is 12.5. The van der Waals surface area contributed by atoms with Crippen molar-refractivity contribution in [2.75, 3.05) is 6.79 Å². The van der Waals surface area contributed by atoms with Crippen molar-refractivity contribution in [2.24, 2.45) is 0 Å². The molecule has 0 spiro atoms. The summed E-state index contributed by atoms with van der Waals surface area (Å²) in [5.74, 6) is 0.670. The fraction of sp³-hybridized carbons (Fsp3) is 0.105. The SMILES string of the molecule is O=C1OCc2c1cc1cc3c(cc1c2-c1ccc(F)cc1)OCO3. The minimum absolute atomic E-state index is 0.180. The fourth-order valence-electron chi connectivity index (χ4n) is 3.33. The average Bonchev–Trinajstić information content (AvgIpc) is 3.18. The maximum atomic E-state index is 13.3. The van der Waals surface area contributed by atoms with Gasteiger partial charge in [0.2, 0.25) is 6.79 Å². The summed E-state index contributed by atoms with van der Waals surface area (Å²) in [6.07, 6.45) is 0. The Hall–Kier alpha value is -3.08. The van der Waals surface area contributed by atoms with Crippen LogP contribution in [0.15, 0.2) is 42.5 Å². The van der Waals surface area contributed by atoms with Gasteiger partial charge in [-0.1, -0.05) is 12.1 Å². The van der Waals surface area contributed by atoms with Crippen LogP contribution < -0.4 is 9.47 Å². The van der Waals surface area contributed by atoms with Crippen LogP contribution in [0.5, 0.6) is 11.5 Å². The summed E-state index contributed by atoms with van der Waals surface area (Å²) < 4.78 is 29.4. The molecule has 3 aromatic rings. The van der Waals surface area contributed by atoms with E-state index in [-0.39, 0.29) is 25.2 Å². The first-order valence-electron chi connectivity index (χ1n) is 7.53. The molecule has 2 aliphatic heterocycles. The summed E-state index contributed by atoms with van der Waals surface area (Å²) in [4.78, 5) is 12.0. The largest absolute Gasteiger partial charge is 0.457 e. The number of carbonyl (C=O) groups excluding carboxylic acids is 1. The average molecular weight is 322 g/mol. The lowest BCUT2D eigenvalue weighted by atomic mass is 9.90. The van der Waals surface area contributed by atoms with Crippen molar-refractivity contribution >= 4 is 16.7 Å². The molecule has 0 fully saturated rings. The molecule has 0 atom stereocenters. The highest BCUT2D eigenvalue weighted by Gasteiger charge is 2.28. The lowest BCUT2D eigenvalue weighted by molar-refractivity contribution is 0.0535. The Morgan fingerprint density at radius 1 is 0.917 bits per heavy atom. The first-order chi connectivity index (χ1) is 11.7. The highest BCUT2D eigenvalue weighted by atomic mass is 19.1. The minimum Gasteiger partial charge on any atom is -0.457 e. The number of hydrogen-bond acceptors (Lipinski definition) is 4. The monoisotopic (exact) mass is 322 g/mol. The molecule has 4 nitrogen and oxygen atoms in total. The van der Waals surface area contributed by atoms with Crippen LogP contribution in [0.25, 0.3) is 21.9 Å². The maximum Gasteiger partial charge on any atom is 0.338 e. The van der Waals surface area contributed by atoms with Gasteiger partial charge >= 0.3 is 5.97 Å². The number of carbonyl (C=O) groups is 1. The molecule has 2 aliphatic rings. The third-order valence-corrected chi connectivity index (χ3v) is 4.44. The zero-order valence-corrected chi connectivity index (χ0v) is 12.5. The molecular formula is C19H11FO4. The molecule has 0 saturated carbocycles. The van der Waals surface area contributed by atoms with Gasteiger partial charge in [-0.25, -0.2) is 9.18 Å². The summed E-state index contributed by atoms with van der Waals surface area (Å²) in [5, 5.41) is 1.78. The Labute approximate surface area is 136 Å². The highest BCUT2D eigenvalue weighted by Crippen LogP contribution is 2.43. The predicted octanol–water partition coefficient (Wildman–Crippen LogP) is 4.05. The normalized spacial score (nSPS) is 14.8. The molecule has 0 saturated heterocycles. The van der Waals surface area contributed by atoms with Crippen LogP contribution in [0.2, 0.25) is 0 Å². The van der Waals surface area contributed by atoms with Gasteiger partial charge in [0.1, 0.15) is 12.4 Å². The van der Waals surface area contributed by atoms with Crippen molar-refractivity contribution in [1.29, 1.82) is 0 Å². The quantitative estimate of drug-likeness (QED) is 0.634. The third kappa shape index (κ3) is 1.81.